The molecule has 0 unspecified atom stereocenters. The molecule has 1 aromatic carbocycles. The molecule has 0 aliphatic rings. The average Bonchev–Trinajstić information content (AvgIpc) is 2.92. The van der Waals surface area contributed by atoms with E-state index in [1.54, 1.807) is 6.92 Å². The van der Waals surface area contributed by atoms with Crippen molar-refractivity contribution in [3.63, 3.8) is 0 Å². The molecule has 0 radical (unpaired) electrons. The first kappa shape index (κ1) is 37.5. The molecule has 0 spiro atoms. The van der Waals surface area contributed by atoms with Crippen LogP contribution in [0.2, 0.25) is 0 Å². The molecule has 1 rings (SSSR count). The molecule has 0 aromatic heterocycles. The van der Waals surface area contributed by atoms with Crippen LogP contribution in [0, 0.1) is 11.3 Å². The summed E-state index contributed by atoms with van der Waals surface area (Å²) in [6.45, 7) is 13.2. The number of unbranched alkanes of at least 4 members (excludes halogenated alkanes) is 4. The molecule has 0 aliphatic heterocycles. The van der Waals surface area contributed by atoms with Crippen molar-refractivity contribution in [3.8, 4) is 11.5 Å². The van der Waals surface area contributed by atoms with Crippen molar-refractivity contribution in [2.24, 2.45) is 17.1 Å². The molecule has 43 heavy (non-hydrogen) atoms. The van der Waals surface area contributed by atoms with E-state index in [-0.39, 0.29) is 43.2 Å². The lowest BCUT2D eigenvalue weighted by Crippen LogP contribution is -2.58. The van der Waals surface area contributed by atoms with Gasteiger partial charge in [0.1, 0.15) is 11.6 Å². The van der Waals surface area contributed by atoms with Crippen LogP contribution in [0.3, 0.4) is 0 Å². The standard InChI is InChI=1S/C31H49NO11/c1-8-10-12-16-38-27(35)42-24-15-14-23(18-25(24)43-28(36)39-17-13-11-9-2)19-31(32,26(33)34)21(3)22(4)41-29(37)40-20-30(5,6)7/h14-15,18,21-22H,8-13,16-17,19-20,32H2,1-7H3,(H,33,34)/t21-,22+,31-/m1/s1. The van der Waals surface area contributed by atoms with Gasteiger partial charge in [-0.25, -0.2) is 14.4 Å². The van der Waals surface area contributed by atoms with Crippen molar-refractivity contribution in [3.05, 3.63) is 23.8 Å². The van der Waals surface area contributed by atoms with E-state index in [1.165, 1.54) is 25.1 Å². The van der Waals surface area contributed by atoms with Gasteiger partial charge in [-0.2, -0.15) is 0 Å². The van der Waals surface area contributed by atoms with Crippen LogP contribution < -0.4 is 15.2 Å². The minimum absolute atomic E-state index is 0.115. The van der Waals surface area contributed by atoms with Crippen molar-refractivity contribution in [2.45, 2.75) is 105 Å². The van der Waals surface area contributed by atoms with Gasteiger partial charge in [0, 0.05) is 12.3 Å². The van der Waals surface area contributed by atoms with E-state index in [0.29, 0.717) is 18.4 Å². The fourth-order valence-electron chi connectivity index (χ4n) is 3.83. The Morgan fingerprint density at radius 1 is 0.814 bits per heavy atom. The van der Waals surface area contributed by atoms with Gasteiger partial charge in [0.15, 0.2) is 11.5 Å². The Morgan fingerprint density at radius 3 is 1.84 bits per heavy atom. The zero-order valence-corrected chi connectivity index (χ0v) is 26.6. The number of aliphatic carboxylic acids is 1. The Bertz CT molecular complexity index is 1050. The number of hydrogen-bond donors (Lipinski definition) is 2. The molecule has 12 nitrogen and oxygen atoms in total. The maximum atomic E-state index is 12.4. The molecule has 0 heterocycles. The first-order chi connectivity index (χ1) is 20.1. The number of nitrogens with two attached hydrogens (primary N) is 1. The minimum atomic E-state index is -1.91. The second-order valence-corrected chi connectivity index (χ2v) is 11.8. The van der Waals surface area contributed by atoms with Crippen molar-refractivity contribution < 1.29 is 52.7 Å². The molecule has 0 saturated carbocycles. The highest BCUT2D eigenvalue weighted by atomic mass is 16.7. The summed E-state index contributed by atoms with van der Waals surface area (Å²) in [7, 11) is 0. The number of carboxylic acid groups (broad SMARTS) is 1. The van der Waals surface area contributed by atoms with Crippen molar-refractivity contribution in [2.75, 3.05) is 19.8 Å². The lowest BCUT2D eigenvalue weighted by Gasteiger charge is -2.34. The number of ether oxygens (including phenoxy) is 6. The Balaban J connectivity index is 3.16. The van der Waals surface area contributed by atoms with Gasteiger partial charge in [0.2, 0.25) is 0 Å². The fourth-order valence-corrected chi connectivity index (χ4v) is 3.83. The summed E-state index contributed by atoms with van der Waals surface area (Å²) in [4.78, 5) is 49.2. The summed E-state index contributed by atoms with van der Waals surface area (Å²) in [6.07, 6.45) is 0.830. The average molecular weight is 612 g/mol. The van der Waals surface area contributed by atoms with E-state index in [4.69, 9.17) is 34.2 Å². The molecule has 3 N–H and O–H groups in total. The Labute approximate surface area is 254 Å². The van der Waals surface area contributed by atoms with E-state index < -0.39 is 42.0 Å². The van der Waals surface area contributed by atoms with Gasteiger partial charge in [-0.1, -0.05) is 73.3 Å². The Hall–Kier alpha value is -3.54. The Morgan fingerprint density at radius 2 is 1.35 bits per heavy atom. The fraction of sp³-hybridized carbons (Fsp3) is 0.677. The maximum Gasteiger partial charge on any atom is 0.513 e. The van der Waals surface area contributed by atoms with Crippen LogP contribution in [0.15, 0.2) is 18.2 Å². The van der Waals surface area contributed by atoms with Gasteiger partial charge in [-0.05, 0) is 42.9 Å². The number of rotatable bonds is 17. The Kier molecular flexibility index (Phi) is 15.9. The van der Waals surface area contributed by atoms with Gasteiger partial charge >= 0.3 is 24.4 Å². The second-order valence-electron chi connectivity index (χ2n) is 11.8. The number of hydrogen-bond acceptors (Lipinski definition) is 11. The number of carbonyl (C=O) groups is 4. The maximum absolute atomic E-state index is 12.4. The van der Waals surface area contributed by atoms with Crippen LogP contribution in [0.1, 0.15) is 92.6 Å². The third kappa shape index (κ3) is 14.0. The largest absolute Gasteiger partial charge is 0.513 e. The molecule has 1 aromatic rings. The summed E-state index contributed by atoms with van der Waals surface area (Å²) in [5.41, 5.74) is 4.56. The third-order valence-corrected chi connectivity index (χ3v) is 6.65. The van der Waals surface area contributed by atoms with Crippen LogP contribution >= 0.6 is 0 Å². The molecule has 0 fully saturated rings. The minimum Gasteiger partial charge on any atom is -0.480 e. The quantitative estimate of drug-likeness (QED) is 0.0833. The van der Waals surface area contributed by atoms with Crippen LogP contribution in [0.25, 0.3) is 0 Å². The highest BCUT2D eigenvalue weighted by Crippen LogP contribution is 2.33. The predicted molar refractivity (Wildman–Crippen MR) is 158 cm³/mol. The van der Waals surface area contributed by atoms with E-state index in [9.17, 15) is 24.3 Å². The molecule has 12 heteroatoms. The highest BCUT2D eigenvalue weighted by Gasteiger charge is 2.44. The molecule has 244 valence electrons. The topological polar surface area (TPSA) is 170 Å². The van der Waals surface area contributed by atoms with Crippen LogP contribution in [0.4, 0.5) is 14.4 Å². The first-order valence-corrected chi connectivity index (χ1v) is 14.8. The second kappa shape index (κ2) is 18.2. The van der Waals surface area contributed by atoms with Crippen LogP contribution in [-0.2, 0) is 30.2 Å². The molecule has 0 amide bonds. The van der Waals surface area contributed by atoms with Crippen molar-refractivity contribution in [1.82, 2.24) is 0 Å². The van der Waals surface area contributed by atoms with Gasteiger partial charge in [-0.3, -0.25) is 4.79 Å². The molecule has 0 aliphatic carbocycles. The molecular formula is C31H49NO11. The van der Waals surface area contributed by atoms with E-state index in [0.717, 1.165) is 25.7 Å². The first-order valence-electron chi connectivity index (χ1n) is 14.8. The van der Waals surface area contributed by atoms with Crippen molar-refractivity contribution in [1.29, 1.82) is 0 Å². The third-order valence-electron chi connectivity index (χ3n) is 6.65. The van der Waals surface area contributed by atoms with Gasteiger partial charge in [0.05, 0.1) is 19.8 Å². The molecule has 0 saturated heterocycles. The van der Waals surface area contributed by atoms with Gasteiger partial charge < -0.3 is 39.3 Å². The lowest BCUT2D eigenvalue weighted by atomic mass is 9.78. The molecule has 3 atom stereocenters. The summed E-state index contributed by atoms with van der Waals surface area (Å²) in [6, 6.07) is 4.17. The van der Waals surface area contributed by atoms with E-state index in [1.807, 2.05) is 34.6 Å². The summed E-state index contributed by atoms with van der Waals surface area (Å²) in [5, 5.41) is 10.1. The van der Waals surface area contributed by atoms with E-state index >= 15 is 0 Å². The van der Waals surface area contributed by atoms with Gasteiger partial charge in [-0.15, -0.1) is 0 Å². The SMILES string of the molecule is CCCCCOC(=O)Oc1ccc(C[C@](N)(C(=O)O)[C@H](C)[C@H](C)OC(=O)OCC(C)(C)C)cc1OC(=O)OCCCCC. The highest BCUT2D eigenvalue weighted by molar-refractivity contribution is 5.80. The smallest absolute Gasteiger partial charge is 0.480 e. The predicted octanol–water partition coefficient (Wildman–Crippen LogP) is 6.65. The van der Waals surface area contributed by atoms with Crippen LogP contribution in [-0.4, -0.2) is 61.0 Å². The monoisotopic (exact) mass is 611 g/mol. The number of carbonyl (C=O) groups excluding carboxylic acids is 3. The summed E-state index contributed by atoms with van der Waals surface area (Å²) >= 11 is 0. The molecular weight excluding hydrogens is 562 g/mol. The normalized spacial score (nSPS) is 14.0. The number of carboxylic acids is 1. The van der Waals surface area contributed by atoms with Gasteiger partial charge in [0.25, 0.3) is 0 Å². The lowest BCUT2D eigenvalue weighted by molar-refractivity contribution is -0.147. The number of benzene rings is 1. The van der Waals surface area contributed by atoms with Crippen molar-refractivity contribution >= 4 is 24.4 Å². The summed E-state index contributed by atoms with van der Waals surface area (Å²) < 4.78 is 31.3. The zero-order valence-electron chi connectivity index (χ0n) is 26.6. The van der Waals surface area contributed by atoms with E-state index in [2.05, 4.69) is 0 Å². The molecule has 0 bridgehead atoms. The summed E-state index contributed by atoms with van der Waals surface area (Å²) in [5.74, 6) is -2.53. The zero-order chi connectivity index (χ0) is 32.6. The van der Waals surface area contributed by atoms with Crippen LogP contribution in [0.5, 0.6) is 11.5 Å².